The van der Waals surface area contributed by atoms with Crippen LogP contribution in [0.2, 0.25) is 0 Å². The van der Waals surface area contributed by atoms with Crippen molar-refractivity contribution in [3.05, 3.63) is 0 Å². The first-order valence-corrected chi connectivity index (χ1v) is 38.3. The Balaban J connectivity index is 16.2. The van der Waals surface area contributed by atoms with Crippen LogP contribution in [0.3, 0.4) is 0 Å². The molecule has 0 saturated heterocycles. The molecule has 118 radical (unpaired) electrons. The van der Waals surface area contributed by atoms with E-state index < -0.39 is 364 Å². The van der Waals surface area contributed by atoms with Gasteiger partial charge in [0.1, 0.15) is 0 Å². The smallest absolute Gasteiger partial charge is 0 e. The van der Waals surface area contributed by atoms with Crippen molar-refractivity contribution in [1.82, 2.24) is 0 Å². The monoisotopic (exact) mass is 1280 g/mol. The van der Waals surface area contributed by atoms with Gasteiger partial charge in [-0.1, -0.05) is 0 Å². The van der Waals surface area contributed by atoms with Crippen LogP contribution in [0.4, 0.5) is 0 Å². The minimum absolute atomic E-state index is 1.91. The van der Waals surface area contributed by atoms with E-state index in [1.54, 1.807) is 0 Å². The van der Waals surface area contributed by atoms with E-state index in [4.69, 9.17) is 456 Å². The number of hydrogen-bond acceptors (Lipinski definition) is 0. The molecule has 0 heterocycles. The second kappa shape index (κ2) is 56.8. The highest BCUT2D eigenvalue weighted by molar-refractivity contribution is 8.46. The first kappa shape index (κ1) is 124. The molecule has 116 heteroatoms. The fraction of sp³-hybridized carbons (Fsp3) is 0. The molecule has 0 aliphatic rings. The maximum absolute atomic E-state index is 7.82. The van der Waals surface area contributed by atoms with E-state index in [1.165, 1.54) is 0 Å². The molecule has 0 aromatic rings. The van der Waals surface area contributed by atoms with Crippen LogP contribution >= 0.6 is 0 Å². The van der Waals surface area contributed by atoms with Gasteiger partial charge >= 0.3 is 0 Å². The molecule has 0 spiro atoms. The summed E-state index contributed by atoms with van der Waals surface area (Å²) in [6, 6.07) is 0. The van der Waals surface area contributed by atoms with Gasteiger partial charge in [-0.2, -0.15) is 0 Å². The molecule has 0 rings (SSSR count). The first-order valence-electron chi connectivity index (χ1n) is 38.3. The van der Waals surface area contributed by atoms with Crippen LogP contribution in [0.15, 0.2) is 0 Å². The predicted molar refractivity (Wildman–Crippen MR) is 667 cm³/mol. The third kappa shape index (κ3) is 32.9. The van der Waals surface area contributed by atoms with Gasteiger partial charge in [0, 0.05) is 820 Å². The van der Waals surface area contributed by atoms with Crippen LogP contribution in [0.25, 0.3) is 0 Å². The Labute approximate surface area is 811 Å². The fourth-order valence-electron chi connectivity index (χ4n) is 21.0. The van der Waals surface area contributed by atoms with E-state index in [0.29, 0.717) is 0 Å². The van der Waals surface area contributed by atoms with Crippen molar-refractivity contribution in [2.45, 2.75) is 0 Å². The molecule has 0 aliphatic heterocycles. The maximum atomic E-state index is 7.82. The van der Waals surface area contributed by atoms with Crippen LogP contribution in [0, 0.1) is 0 Å². The summed E-state index contributed by atoms with van der Waals surface area (Å²) in [5.41, 5.74) is 0. The van der Waals surface area contributed by atoms with E-state index >= 15 is 0 Å². The second-order valence-electron chi connectivity index (χ2n) is 32.9. The lowest BCUT2D eigenvalue weighted by Crippen LogP contribution is -3.02. The average Bonchev–Trinajstić information content (AvgIpc) is 0.702. The summed E-state index contributed by atoms with van der Waals surface area (Å²) in [6.45, 7) is 0. The van der Waals surface area contributed by atoms with Gasteiger partial charge in [-0.15, -0.1) is 0 Å². The van der Waals surface area contributed by atoms with Gasteiger partial charge in [0.25, 0.3) is 0 Å². The molecule has 0 N–H and O–H groups in total. The molecule has 0 amide bonds. The Morgan fingerprint density at radius 2 is 0.103 bits per heavy atom. The highest BCUT2D eigenvalue weighted by atomic mass is 13.5. The second-order valence-corrected chi connectivity index (χ2v) is 32.9. The zero-order chi connectivity index (χ0) is 91.9. The van der Waals surface area contributed by atoms with Crippen molar-refractivity contribution < 1.29 is 0 Å². The Hall–Kier alpha value is 7.53. The Morgan fingerprint density at radius 3 is 0.164 bits per heavy atom. The predicted octanol–water partition coefficient (Wildman–Crippen LogP) is -44.2. The molecule has 0 atom stereocenters. The molecule has 0 aliphatic carbocycles. The van der Waals surface area contributed by atoms with Crippen molar-refractivity contribution in [2.75, 3.05) is 0 Å². The Morgan fingerprint density at radius 1 is 0.0517 bits per heavy atom. The summed E-state index contributed by atoms with van der Waals surface area (Å²) < 4.78 is 0. The van der Waals surface area contributed by atoms with E-state index in [0.717, 1.165) is 0 Å². The van der Waals surface area contributed by atoms with E-state index in [9.17, 15) is 0 Å². The van der Waals surface area contributed by atoms with Gasteiger partial charge in [0.15, 0.2) is 0 Å². The van der Waals surface area contributed by atoms with Crippen LogP contribution in [-0.2, 0) is 0 Å². The average molecular weight is 1250 g/mol. The van der Waals surface area contributed by atoms with Crippen molar-refractivity contribution in [3.8, 4) is 0 Å². The molecule has 0 aromatic heterocycles. The van der Waals surface area contributed by atoms with Crippen molar-refractivity contribution in [3.63, 3.8) is 0 Å². The number of hydrogen-bond donors (Lipinski definition) is 0. The summed E-state index contributed by atoms with van der Waals surface area (Å²) in [4.78, 5) is 0. The van der Waals surface area contributed by atoms with Gasteiger partial charge < -0.3 is 0 Å². The summed E-state index contributed by atoms with van der Waals surface area (Å²) in [6.07, 6.45) is -118. The summed E-state index contributed by atoms with van der Waals surface area (Å²) in [5.74, 6) is 0. The quantitative estimate of drug-likeness (QED) is 0.0533. The lowest BCUT2D eigenvalue weighted by atomic mass is 8.17. The largest absolute Gasteiger partial charge is 0 e. The highest BCUT2D eigenvalue weighted by Crippen LogP contribution is 2.32. The zero-order valence-electron chi connectivity index (χ0n) is 67.0. The molecule has 0 nitrogen and oxygen atoms in total. The minimum atomic E-state index is -2.60. The van der Waals surface area contributed by atoms with E-state index in [2.05, 4.69) is 0 Å². The highest BCUT2D eigenvalue weighted by Gasteiger charge is 2.70. The molecular formula is B116. The molecule has 116 heavy (non-hydrogen) atoms. The lowest BCUT2D eigenvalue weighted by molar-refractivity contribution is 3.11. The standard InChI is InChI=1S/B116/c1-60(2)89(59)104(90(61(3)4)62(5)6)111(103(87(55)56)88(57)58)115(112(105(91(63(7)8)64(9)10)92(65(11)12)66(13)14)106(93(67(15)16)68(17)18)94(69(19)20)70(21)22)116(113(107(95(71(23)24)72(25)26)96(73(27)28)74(29)30)108(97(75(31)32)76(33)34)98(77(35)36)78(37)38)114(109(99(79(39)40)80(41)42)100(81(43)44)82(45)46)110(101(83(47)48)84(49)50)102(85(51)52)86(53)54. The lowest BCUT2D eigenvalue weighted by Gasteiger charge is -2.64. The normalized spacial score (nSPS) is 9.86. The van der Waals surface area contributed by atoms with Crippen molar-refractivity contribution in [1.29, 1.82) is 0 Å². The molecule has 0 fully saturated rings. The molecule has 0 aromatic carbocycles. The fourth-order valence-corrected chi connectivity index (χ4v) is 21.0. The maximum Gasteiger partial charge on any atom is 0 e. The molecule has 348 valence electrons. The van der Waals surface area contributed by atoms with Crippen LogP contribution in [0.1, 0.15) is 0 Å². The van der Waals surface area contributed by atoms with Gasteiger partial charge in [0.2, 0.25) is 0 Å². The van der Waals surface area contributed by atoms with Crippen LogP contribution in [-0.4, -0.2) is 820 Å². The van der Waals surface area contributed by atoms with Gasteiger partial charge in [0.05, 0.1) is 0 Å². The molecule has 0 unspecified atom stereocenters. The van der Waals surface area contributed by atoms with E-state index in [-0.39, 0.29) is 0 Å². The molecule has 0 bridgehead atoms. The topological polar surface area (TPSA) is 0 Å². The Kier molecular flexibility index (Phi) is 60.5. The third-order valence-electron chi connectivity index (χ3n) is 24.9. The van der Waals surface area contributed by atoms with Crippen molar-refractivity contribution >= 4 is 820 Å². The van der Waals surface area contributed by atoms with Crippen LogP contribution in [0.5, 0.6) is 0 Å². The molecular weight excluding hydrogens is 1250 g/mol. The van der Waals surface area contributed by atoms with Gasteiger partial charge in [-0.05, 0) is 0 Å². The number of rotatable bonds is 56. The molecule has 0 saturated carbocycles. The van der Waals surface area contributed by atoms with Gasteiger partial charge in [-0.25, -0.2) is 0 Å². The summed E-state index contributed by atoms with van der Waals surface area (Å²) in [7, 11) is 430. The Bertz CT molecular complexity index is 2020. The SMILES string of the molecule is [B]B([B])B([B])B(B(B([B])[B])B([B])[B])B(B(B([B])[B])B([B])[B])B(B(B(B(B([B])[B])B([B])[B])B(B([B])[B])B([B])[B])B(B(B([B])[B])B([B])[B])B(B([B])[B])B([B])[B])B(B(B(B(B([B])[B])B([B])[B])B(B([B])[B])B([B])[B])B(B(B([B])[B])B([B])[B])B(B([B])[B])B([B])[B])B(B(B(B([B])[B])B([B])[B])B(B([B])[B])B([B])[B])B(B(B([B])[B])B([B])[B])B(B([B])[B])B([B])[B]. The minimum Gasteiger partial charge on any atom is 0 e. The van der Waals surface area contributed by atoms with Crippen molar-refractivity contribution in [2.24, 2.45) is 0 Å². The summed E-state index contributed by atoms with van der Waals surface area (Å²) >= 11 is 0. The van der Waals surface area contributed by atoms with E-state index in [1.807, 2.05) is 0 Å². The summed E-state index contributed by atoms with van der Waals surface area (Å²) in [5, 5.41) is 0. The van der Waals surface area contributed by atoms with Gasteiger partial charge in [-0.3, -0.25) is 0 Å². The third-order valence-corrected chi connectivity index (χ3v) is 24.9. The zero-order valence-corrected chi connectivity index (χ0v) is 67.0. The van der Waals surface area contributed by atoms with Crippen LogP contribution < -0.4 is 0 Å². The first-order chi connectivity index (χ1) is 52.7.